The van der Waals surface area contributed by atoms with Gasteiger partial charge in [-0.25, -0.2) is 4.39 Å². The van der Waals surface area contributed by atoms with Crippen molar-refractivity contribution in [2.75, 3.05) is 0 Å². The predicted molar refractivity (Wildman–Crippen MR) is 71.1 cm³/mol. The summed E-state index contributed by atoms with van der Waals surface area (Å²) in [5.74, 6) is -0.430. The van der Waals surface area contributed by atoms with E-state index in [4.69, 9.17) is 17.3 Å². The molecule has 1 rings (SSSR count). The fourth-order valence-corrected chi connectivity index (χ4v) is 1.81. The highest BCUT2D eigenvalue weighted by Crippen LogP contribution is 2.22. The summed E-state index contributed by atoms with van der Waals surface area (Å²) in [4.78, 5) is 0. The topological polar surface area (TPSA) is 46.2 Å². The van der Waals surface area contributed by atoms with Crippen LogP contribution >= 0.6 is 24.0 Å². The number of benzene rings is 1. The van der Waals surface area contributed by atoms with Crippen LogP contribution in [-0.2, 0) is 0 Å². The summed E-state index contributed by atoms with van der Waals surface area (Å²) in [7, 11) is 0. The molecule has 0 aliphatic carbocycles. The summed E-state index contributed by atoms with van der Waals surface area (Å²) in [6.07, 6.45) is 1.86. The Bertz CT molecular complexity index is 329. The van der Waals surface area contributed by atoms with E-state index in [1.165, 1.54) is 12.1 Å². The molecule has 98 valence electrons. The highest BCUT2D eigenvalue weighted by Gasteiger charge is 2.17. The van der Waals surface area contributed by atoms with Crippen molar-refractivity contribution in [2.24, 2.45) is 5.73 Å². The van der Waals surface area contributed by atoms with Crippen molar-refractivity contribution in [3.63, 3.8) is 0 Å². The molecule has 0 bridgehead atoms. The van der Waals surface area contributed by atoms with Crippen LogP contribution in [0.3, 0.4) is 0 Å². The normalized spacial score (nSPS) is 13.9. The molecule has 2 nitrogen and oxygen atoms in total. The number of hydrogen-bond acceptors (Lipinski definition) is 2. The smallest absolute Gasteiger partial charge is 0.125 e. The molecule has 0 radical (unpaired) electrons. The van der Waals surface area contributed by atoms with Crippen LogP contribution in [0, 0.1) is 5.82 Å². The van der Waals surface area contributed by atoms with Gasteiger partial charge in [0.1, 0.15) is 5.82 Å². The van der Waals surface area contributed by atoms with Crippen LogP contribution in [0.25, 0.3) is 0 Å². The van der Waals surface area contributed by atoms with Crippen LogP contribution in [0.2, 0.25) is 5.02 Å². The van der Waals surface area contributed by atoms with Crippen molar-refractivity contribution in [3.8, 4) is 0 Å². The molecule has 0 fully saturated rings. The van der Waals surface area contributed by atoms with Crippen molar-refractivity contribution in [1.82, 2.24) is 0 Å². The van der Waals surface area contributed by atoms with Crippen molar-refractivity contribution < 1.29 is 9.50 Å². The van der Waals surface area contributed by atoms with Gasteiger partial charge in [-0.1, -0.05) is 31.4 Å². The van der Waals surface area contributed by atoms with Gasteiger partial charge in [-0.2, -0.15) is 0 Å². The third-order valence-electron chi connectivity index (χ3n) is 2.54. The maximum atomic E-state index is 13.1. The second-order valence-corrected chi connectivity index (χ2v) is 4.37. The minimum atomic E-state index is -0.655. The van der Waals surface area contributed by atoms with E-state index >= 15 is 0 Å². The van der Waals surface area contributed by atoms with Crippen molar-refractivity contribution in [2.45, 2.75) is 38.3 Å². The molecule has 1 aromatic rings. The number of nitrogens with two attached hydrogens (primary N) is 1. The van der Waals surface area contributed by atoms with Gasteiger partial charge >= 0.3 is 0 Å². The molecule has 5 heteroatoms. The highest BCUT2D eigenvalue weighted by atomic mass is 35.5. The lowest BCUT2D eigenvalue weighted by Gasteiger charge is -2.19. The first kappa shape index (κ1) is 16.6. The predicted octanol–water partition coefficient (Wildman–Crippen LogP) is 3.45. The second-order valence-electron chi connectivity index (χ2n) is 3.94. The van der Waals surface area contributed by atoms with E-state index in [1.807, 2.05) is 6.92 Å². The standard InChI is InChI=1S/C12H17ClFNO.ClH/c1-2-3-4-11(16)12(15)8-5-9(13)7-10(14)6-8;/h5-7,11-12,16H,2-4,15H2,1H3;1H/t11-,12+;/m1./s1. The molecule has 0 saturated carbocycles. The zero-order valence-electron chi connectivity index (χ0n) is 9.70. The fraction of sp³-hybridized carbons (Fsp3) is 0.500. The van der Waals surface area contributed by atoms with Crippen LogP contribution in [0.15, 0.2) is 18.2 Å². The molecule has 1 aromatic carbocycles. The molecule has 0 aliphatic rings. The Kier molecular flexibility index (Phi) is 7.71. The number of aliphatic hydroxyl groups is 1. The zero-order valence-corrected chi connectivity index (χ0v) is 11.3. The van der Waals surface area contributed by atoms with Crippen LogP contribution in [-0.4, -0.2) is 11.2 Å². The number of hydrogen-bond donors (Lipinski definition) is 2. The van der Waals surface area contributed by atoms with Gasteiger partial charge in [0.15, 0.2) is 0 Å². The van der Waals surface area contributed by atoms with E-state index in [1.54, 1.807) is 6.07 Å². The maximum Gasteiger partial charge on any atom is 0.125 e. The van der Waals surface area contributed by atoms with E-state index in [2.05, 4.69) is 0 Å². The van der Waals surface area contributed by atoms with Gasteiger partial charge in [0.25, 0.3) is 0 Å². The molecule has 0 aliphatic heterocycles. The molecule has 0 heterocycles. The van der Waals surface area contributed by atoms with E-state index in [9.17, 15) is 9.50 Å². The summed E-state index contributed by atoms with van der Waals surface area (Å²) < 4.78 is 13.1. The molecule has 3 N–H and O–H groups in total. The first-order chi connectivity index (χ1) is 7.54. The van der Waals surface area contributed by atoms with Gasteiger partial charge in [-0.15, -0.1) is 12.4 Å². The van der Waals surface area contributed by atoms with Gasteiger partial charge in [-0.3, -0.25) is 0 Å². The molecular formula is C12H18Cl2FNO. The van der Waals surface area contributed by atoms with Gasteiger partial charge in [0.2, 0.25) is 0 Å². The molecule has 0 saturated heterocycles. The number of rotatable bonds is 5. The molecule has 17 heavy (non-hydrogen) atoms. The van der Waals surface area contributed by atoms with Crippen LogP contribution in [0.5, 0.6) is 0 Å². The van der Waals surface area contributed by atoms with Crippen LogP contribution in [0.1, 0.15) is 37.8 Å². The summed E-state index contributed by atoms with van der Waals surface area (Å²) in [6.45, 7) is 2.04. The molecule has 0 spiro atoms. The Morgan fingerprint density at radius 2 is 2.06 bits per heavy atom. The first-order valence-electron chi connectivity index (χ1n) is 5.44. The average Bonchev–Trinajstić information content (AvgIpc) is 2.23. The number of unbranched alkanes of at least 4 members (excludes halogenated alkanes) is 1. The number of halogens is 3. The maximum absolute atomic E-state index is 13.1. The SMILES string of the molecule is CCCC[C@@H](O)[C@@H](N)c1cc(F)cc(Cl)c1.Cl. The highest BCUT2D eigenvalue weighted by molar-refractivity contribution is 6.30. The first-order valence-corrected chi connectivity index (χ1v) is 5.82. The molecule has 0 amide bonds. The van der Waals surface area contributed by atoms with E-state index in [0.29, 0.717) is 17.0 Å². The van der Waals surface area contributed by atoms with Crippen LogP contribution in [0.4, 0.5) is 4.39 Å². The van der Waals surface area contributed by atoms with Crippen molar-refractivity contribution >= 4 is 24.0 Å². The summed E-state index contributed by atoms with van der Waals surface area (Å²) in [5.41, 5.74) is 6.38. The van der Waals surface area contributed by atoms with Crippen molar-refractivity contribution in [3.05, 3.63) is 34.6 Å². The monoisotopic (exact) mass is 281 g/mol. The van der Waals surface area contributed by atoms with Gasteiger partial charge in [0.05, 0.1) is 12.1 Å². The van der Waals surface area contributed by atoms with E-state index in [0.717, 1.165) is 12.8 Å². The molecule has 0 unspecified atom stereocenters. The zero-order chi connectivity index (χ0) is 12.1. The Balaban J connectivity index is 0.00000256. The Hall–Kier alpha value is -0.350. The summed E-state index contributed by atoms with van der Waals surface area (Å²) >= 11 is 5.73. The fourth-order valence-electron chi connectivity index (χ4n) is 1.58. The third-order valence-corrected chi connectivity index (χ3v) is 2.76. The minimum Gasteiger partial charge on any atom is -0.391 e. The molecule has 2 atom stereocenters. The summed E-state index contributed by atoms with van der Waals surface area (Å²) in [6, 6.07) is 3.53. The second kappa shape index (κ2) is 7.88. The molecule has 0 aromatic heterocycles. The van der Waals surface area contributed by atoms with Gasteiger partial charge in [0, 0.05) is 5.02 Å². The van der Waals surface area contributed by atoms with Crippen LogP contribution < -0.4 is 5.73 Å². The van der Waals surface area contributed by atoms with Gasteiger partial charge < -0.3 is 10.8 Å². The van der Waals surface area contributed by atoms with Gasteiger partial charge in [-0.05, 0) is 30.2 Å². The minimum absolute atomic E-state index is 0. The van der Waals surface area contributed by atoms with Crippen molar-refractivity contribution in [1.29, 1.82) is 0 Å². The molecular weight excluding hydrogens is 264 g/mol. The quantitative estimate of drug-likeness (QED) is 0.868. The Morgan fingerprint density at radius 3 is 2.59 bits per heavy atom. The average molecular weight is 282 g/mol. The number of aliphatic hydroxyl groups excluding tert-OH is 1. The Morgan fingerprint density at radius 1 is 1.41 bits per heavy atom. The van der Waals surface area contributed by atoms with E-state index < -0.39 is 18.0 Å². The lowest BCUT2D eigenvalue weighted by atomic mass is 9.98. The Labute approximate surface area is 112 Å². The van der Waals surface area contributed by atoms with E-state index in [-0.39, 0.29) is 12.4 Å². The lowest BCUT2D eigenvalue weighted by molar-refractivity contribution is 0.132. The summed E-state index contributed by atoms with van der Waals surface area (Å²) in [5, 5.41) is 10.1. The lowest BCUT2D eigenvalue weighted by Crippen LogP contribution is -2.26. The third kappa shape index (κ3) is 5.21. The largest absolute Gasteiger partial charge is 0.391 e.